The van der Waals surface area contributed by atoms with Gasteiger partial charge in [0.05, 0.1) is 0 Å². The zero-order valence-corrected chi connectivity index (χ0v) is 10.7. The third-order valence-corrected chi connectivity index (χ3v) is 3.50. The molecule has 1 saturated carbocycles. The molecule has 2 heteroatoms. The van der Waals surface area contributed by atoms with Crippen LogP contribution in [0.15, 0.2) is 24.3 Å². The van der Waals surface area contributed by atoms with Crippen molar-refractivity contribution in [2.45, 2.75) is 45.1 Å². The Kier molecular flexibility index (Phi) is 4.43. The highest BCUT2D eigenvalue weighted by Gasteiger charge is 2.30. The number of aliphatic hydroxyl groups excluding tert-OH is 1. The van der Waals surface area contributed by atoms with Crippen LogP contribution in [0.4, 0.5) is 5.69 Å². The summed E-state index contributed by atoms with van der Waals surface area (Å²) in [4.78, 5) is 0. The van der Waals surface area contributed by atoms with E-state index in [4.69, 9.17) is 5.11 Å². The maximum atomic E-state index is 8.87. The summed E-state index contributed by atoms with van der Waals surface area (Å²) in [5.74, 6) is 0.895. The van der Waals surface area contributed by atoms with Crippen molar-refractivity contribution in [1.29, 1.82) is 0 Å². The molecule has 1 aromatic rings. The van der Waals surface area contributed by atoms with Crippen molar-refractivity contribution < 1.29 is 5.11 Å². The van der Waals surface area contributed by atoms with Gasteiger partial charge in [-0.3, -0.25) is 0 Å². The summed E-state index contributed by atoms with van der Waals surface area (Å²) in [6, 6.07) is 9.14. The van der Waals surface area contributed by atoms with Gasteiger partial charge in [0, 0.05) is 18.3 Å². The fraction of sp³-hybridized carbons (Fsp3) is 0.600. The predicted octanol–water partition coefficient (Wildman–Crippen LogP) is 3.21. The zero-order chi connectivity index (χ0) is 12.1. The van der Waals surface area contributed by atoms with E-state index in [1.807, 2.05) is 0 Å². The molecule has 0 bridgehead atoms. The number of nitrogens with one attached hydrogen (secondary N) is 1. The second kappa shape index (κ2) is 6.06. The topological polar surface area (TPSA) is 32.3 Å². The molecule has 1 atom stereocenters. The average Bonchev–Trinajstić information content (AvgIpc) is 3.15. The maximum absolute atomic E-state index is 8.87. The molecule has 2 N–H and O–H groups in total. The Morgan fingerprint density at radius 2 is 2.00 bits per heavy atom. The summed E-state index contributed by atoms with van der Waals surface area (Å²) in [7, 11) is 0. The highest BCUT2D eigenvalue weighted by Crippen LogP contribution is 2.36. The van der Waals surface area contributed by atoms with Gasteiger partial charge in [0.25, 0.3) is 0 Å². The van der Waals surface area contributed by atoms with E-state index in [9.17, 15) is 0 Å². The largest absolute Gasteiger partial charge is 0.396 e. The molecule has 1 fully saturated rings. The van der Waals surface area contributed by atoms with Gasteiger partial charge in [-0.15, -0.1) is 0 Å². The van der Waals surface area contributed by atoms with Crippen molar-refractivity contribution >= 4 is 5.69 Å². The van der Waals surface area contributed by atoms with Crippen LogP contribution in [0.5, 0.6) is 0 Å². The number of rotatable bonds is 7. The van der Waals surface area contributed by atoms with Gasteiger partial charge in [0.2, 0.25) is 0 Å². The maximum Gasteiger partial charge on any atom is 0.0471 e. The normalized spacial score (nSPS) is 16.8. The highest BCUT2D eigenvalue weighted by atomic mass is 16.2. The van der Waals surface area contributed by atoms with Crippen LogP contribution in [0, 0.1) is 5.92 Å². The van der Waals surface area contributed by atoms with Gasteiger partial charge < -0.3 is 10.4 Å². The minimum Gasteiger partial charge on any atom is -0.396 e. The molecule has 2 nitrogen and oxygen atoms in total. The summed E-state index contributed by atoms with van der Waals surface area (Å²) in [6.07, 6.45) is 6.04. The van der Waals surface area contributed by atoms with Gasteiger partial charge in [0.1, 0.15) is 0 Å². The van der Waals surface area contributed by atoms with Gasteiger partial charge in [-0.25, -0.2) is 0 Å². The summed E-state index contributed by atoms with van der Waals surface area (Å²) < 4.78 is 0. The third-order valence-electron chi connectivity index (χ3n) is 3.50. The first kappa shape index (κ1) is 12.4. The number of anilines is 1. The van der Waals surface area contributed by atoms with Crippen LogP contribution < -0.4 is 5.32 Å². The molecule has 0 radical (unpaired) electrons. The lowest BCUT2D eigenvalue weighted by Gasteiger charge is -2.19. The fourth-order valence-corrected chi connectivity index (χ4v) is 2.35. The van der Waals surface area contributed by atoms with Crippen LogP contribution >= 0.6 is 0 Å². The molecule has 0 aromatic heterocycles. The average molecular weight is 233 g/mol. The lowest BCUT2D eigenvalue weighted by Crippen LogP contribution is -2.21. The first-order valence-electron chi connectivity index (χ1n) is 6.80. The van der Waals surface area contributed by atoms with E-state index in [0.29, 0.717) is 6.04 Å². The molecule has 1 aromatic carbocycles. The van der Waals surface area contributed by atoms with Crippen LogP contribution in [0.3, 0.4) is 0 Å². The van der Waals surface area contributed by atoms with Crippen molar-refractivity contribution in [3.63, 3.8) is 0 Å². The summed E-state index contributed by atoms with van der Waals surface area (Å²) in [6.45, 7) is 2.48. The van der Waals surface area contributed by atoms with Crippen molar-refractivity contribution in [3.8, 4) is 0 Å². The van der Waals surface area contributed by atoms with Crippen molar-refractivity contribution in [1.82, 2.24) is 0 Å². The van der Waals surface area contributed by atoms with E-state index >= 15 is 0 Å². The van der Waals surface area contributed by atoms with Gasteiger partial charge in [-0.1, -0.05) is 25.5 Å². The number of benzene rings is 1. The molecular weight excluding hydrogens is 210 g/mol. The van der Waals surface area contributed by atoms with E-state index in [-0.39, 0.29) is 6.61 Å². The Hall–Kier alpha value is -1.02. The fourth-order valence-electron chi connectivity index (χ4n) is 2.35. The third kappa shape index (κ3) is 3.74. The van der Waals surface area contributed by atoms with E-state index in [1.54, 1.807) is 0 Å². The molecule has 1 unspecified atom stereocenters. The van der Waals surface area contributed by atoms with Gasteiger partial charge >= 0.3 is 0 Å². The van der Waals surface area contributed by atoms with Crippen LogP contribution in [0.25, 0.3) is 0 Å². The van der Waals surface area contributed by atoms with Crippen LogP contribution in [0.1, 0.15) is 38.2 Å². The van der Waals surface area contributed by atoms with Crippen molar-refractivity contribution in [2.75, 3.05) is 11.9 Å². The van der Waals surface area contributed by atoms with E-state index in [2.05, 4.69) is 36.5 Å². The second-order valence-electron chi connectivity index (χ2n) is 5.05. The van der Waals surface area contributed by atoms with Gasteiger partial charge in [-0.2, -0.15) is 0 Å². The SMILES string of the molecule is CCCC(Nc1ccc(CCO)cc1)C1CC1. The molecular formula is C15H23NO. The molecule has 1 aliphatic rings. The first-order valence-corrected chi connectivity index (χ1v) is 6.80. The minimum atomic E-state index is 0.229. The lowest BCUT2D eigenvalue weighted by atomic mass is 10.1. The molecule has 0 heterocycles. The molecule has 17 heavy (non-hydrogen) atoms. The van der Waals surface area contributed by atoms with Gasteiger partial charge in [0.15, 0.2) is 0 Å². The number of hydrogen-bond acceptors (Lipinski definition) is 2. The zero-order valence-electron chi connectivity index (χ0n) is 10.7. The first-order chi connectivity index (χ1) is 8.33. The Balaban J connectivity index is 1.92. The Labute approximate surface area is 104 Å². The molecule has 0 amide bonds. The smallest absolute Gasteiger partial charge is 0.0471 e. The van der Waals surface area contributed by atoms with Crippen LogP contribution in [0.2, 0.25) is 0 Å². The van der Waals surface area contributed by atoms with Crippen LogP contribution in [-0.4, -0.2) is 17.8 Å². The monoisotopic (exact) mass is 233 g/mol. The van der Waals surface area contributed by atoms with Crippen molar-refractivity contribution in [2.24, 2.45) is 5.92 Å². The highest BCUT2D eigenvalue weighted by molar-refractivity contribution is 5.45. The molecule has 94 valence electrons. The predicted molar refractivity (Wildman–Crippen MR) is 72.3 cm³/mol. The molecule has 1 aliphatic carbocycles. The summed E-state index contributed by atoms with van der Waals surface area (Å²) in [5, 5.41) is 12.5. The Morgan fingerprint density at radius 1 is 1.29 bits per heavy atom. The molecule has 0 saturated heterocycles. The molecule has 0 aliphatic heterocycles. The van der Waals surface area contributed by atoms with Gasteiger partial charge in [-0.05, 0) is 49.3 Å². The number of hydrogen-bond donors (Lipinski definition) is 2. The molecule has 2 rings (SSSR count). The lowest BCUT2D eigenvalue weighted by molar-refractivity contribution is 0.299. The summed E-state index contributed by atoms with van der Waals surface area (Å²) in [5.41, 5.74) is 2.42. The van der Waals surface area contributed by atoms with Crippen molar-refractivity contribution in [3.05, 3.63) is 29.8 Å². The molecule has 0 spiro atoms. The van der Waals surface area contributed by atoms with Crippen LogP contribution in [-0.2, 0) is 6.42 Å². The summed E-state index contributed by atoms with van der Waals surface area (Å²) >= 11 is 0. The minimum absolute atomic E-state index is 0.229. The Morgan fingerprint density at radius 3 is 2.53 bits per heavy atom. The number of aliphatic hydroxyl groups is 1. The van der Waals surface area contributed by atoms with E-state index < -0.39 is 0 Å². The van der Waals surface area contributed by atoms with E-state index in [1.165, 1.54) is 36.9 Å². The standard InChI is InChI=1S/C15H23NO/c1-2-3-15(13-6-7-13)16-14-8-4-12(5-9-14)10-11-17/h4-5,8-9,13,15-17H,2-3,6-7,10-11H2,1H3. The quantitative estimate of drug-likeness (QED) is 0.758. The second-order valence-corrected chi connectivity index (χ2v) is 5.05. The van der Waals surface area contributed by atoms with E-state index in [0.717, 1.165) is 12.3 Å². The Bertz CT molecular complexity index is 329.